The fourth-order valence-electron chi connectivity index (χ4n) is 8.44. The highest BCUT2D eigenvalue weighted by atomic mass is 14.6. The third-order valence-electron chi connectivity index (χ3n) is 9.81. The maximum absolute atomic E-state index is 2.63. The Kier molecular flexibility index (Phi) is 5.57. The molecule has 196 valence electrons. The molecule has 0 heterocycles. The molecule has 0 amide bonds. The second kappa shape index (κ2) is 8.82. The number of hydrogen-bond acceptors (Lipinski definition) is 0. The van der Waals surface area contributed by atoms with Crippen molar-refractivity contribution in [1.29, 1.82) is 0 Å². The summed E-state index contributed by atoms with van der Waals surface area (Å²) in [5.74, 6) is 0.893. The summed E-state index contributed by atoms with van der Waals surface area (Å²) in [4.78, 5) is 0. The van der Waals surface area contributed by atoms with Crippen LogP contribution in [0.2, 0.25) is 0 Å². The lowest BCUT2D eigenvalue weighted by Gasteiger charge is -2.47. The van der Waals surface area contributed by atoms with Gasteiger partial charge in [0.1, 0.15) is 0 Å². The lowest BCUT2D eigenvalue weighted by molar-refractivity contribution is 0.503. The number of allylic oxidation sites excluding steroid dienone is 7. The fraction of sp³-hybridized carbons (Fsp3) is 0.333. The molecule has 0 spiro atoms. The average molecular weight is 509 g/mol. The van der Waals surface area contributed by atoms with Crippen molar-refractivity contribution in [3.63, 3.8) is 0 Å². The van der Waals surface area contributed by atoms with Crippen LogP contribution in [0, 0.1) is 5.92 Å². The minimum atomic E-state index is -0.129. The minimum absolute atomic E-state index is 0.0821. The Bertz CT molecular complexity index is 1600. The maximum atomic E-state index is 2.63. The molecule has 0 saturated carbocycles. The highest BCUT2D eigenvalue weighted by molar-refractivity contribution is 5.85. The molecule has 0 heteroatoms. The van der Waals surface area contributed by atoms with Crippen LogP contribution in [0.3, 0.4) is 0 Å². The van der Waals surface area contributed by atoms with Crippen molar-refractivity contribution >= 4 is 6.08 Å². The van der Waals surface area contributed by atoms with Gasteiger partial charge in [0.25, 0.3) is 0 Å². The Labute approximate surface area is 234 Å². The lowest BCUT2D eigenvalue weighted by Crippen LogP contribution is -2.39. The smallest absolute Gasteiger partial charge is 0.0522 e. The van der Waals surface area contributed by atoms with Crippen LogP contribution in [0.15, 0.2) is 113 Å². The molecule has 3 unspecified atom stereocenters. The van der Waals surface area contributed by atoms with E-state index in [2.05, 4.69) is 126 Å². The van der Waals surface area contributed by atoms with Crippen LogP contribution in [0.1, 0.15) is 88.5 Å². The summed E-state index contributed by atoms with van der Waals surface area (Å²) in [7, 11) is 0. The van der Waals surface area contributed by atoms with E-state index in [-0.39, 0.29) is 10.8 Å². The van der Waals surface area contributed by atoms with Crippen molar-refractivity contribution in [3.8, 4) is 11.1 Å². The van der Waals surface area contributed by atoms with E-state index in [1.807, 2.05) is 0 Å². The molecule has 7 rings (SSSR count). The molecular formula is C39H40. The quantitative estimate of drug-likeness (QED) is 0.330. The lowest BCUT2D eigenvalue weighted by atomic mass is 9.55. The normalized spacial score (nSPS) is 25.6. The Hall–Kier alpha value is -3.38. The molecule has 0 saturated heterocycles. The number of fused-ring (bicyclic) bond motifs is 2. The van der Waals surface area contributed by atoms with Gasteiger partial charge in [-0.15, -0.1) is 0 Å². The van der Waals surface area contributed by atoms with Gasteiger partial charge >= 0.3 is 0 Å². The third-order valence-corrected chi connectivity index (χ3v) is 9.81. The average Bonchev–Trinajstić information content (AvgIpc) is 3.63. The highest BCUT2D eigenvalue weighted by Gasteiger charge is 2.54. The van der Waals surface area contributed by atoms with Crippen molar-refractivity contribution in [1.82, 2.24) is 0 Å². The number of hydrogen-bond donors (Lipinski definition) is 0. The van der Waals surface area contributed by atoms with Crippen molar-refractivity contribution in [2.75, 3.05) is 0 Å². The number of rotatable bonds is 3. The van der Waals surface area contributed by atoms with Gasteiger partial charge in [-0.05, 0) is 94.0 Å². The largest absolute Gasteiger partial charge is 0.0766 e. The summed E-state index contributed by atoms with van der Waals surface area (Å²) in [5, 5.41) is 0. The first-order valence-corrected chi connectivity index (χ1v) is 14.9. The van der Waals surface area contributed by atoms with Crippen LogP contribution < -0.4 is 0 Å². The molecule has 4 aliphatic carbocycles. The van der Waals surface area contributed by atoms with Crippen LogP contribution in [0.5, 0.6) is 0 Å². The Morgan fingerprint density at radius 3 is 2.33 bits per heavy atom. The molecule has 0 N–H and O–H groups in total. The molecule has 3 aromatic rings. The molecule has 0 radical (unpaired) electrons. The van der Waals surface area contributed by atoms with Crippen LogP contribution in [0.25, 0.3) is 17.2 Å². The second-order valence-corrected chi connectivity index (χ2v) is 13.4. The van der Waals surface area contributed by atoms with E-state index in [9.17, 15) is 0 Å². The summed E-state index contributed by atoms with van der Waals surface area (Å²) in [6.07, 6.45) is 12.6. The van der Waals surface area contributed by atoms with E-state index < -0.39 is 0 Å². The second-order valence-electron chi connectivity index (χ2n) is 13.4. The van der Waals surface area contributed by atoms with E-state index in [4.69, 9.17) is 0 Å². The Balaban J connectivity index is 1.52. The van der Waals surface area contributed by atoms with Crippen LogP contribution >= 0.6 is 0 Å². The van der Waals surface area contributed by atoms with Gasteiger partial charge in [-0.25, -0.2) is 0 Å². The molecule has 0 nitrogen and oxygen atoms in total. The molecule has 3 atom stereocenters. The minimum Gasteiger partial charge on any atom is -0.0766 e. The molecular weight excluding hydrogens is 468 g/mol. The maximum Gasteiger partial charge on any atom is 0.0522 e. The topological polar surface area (TPSA) is 0 Å². The Morgan fingerprint density at radius 2 is 1.54 bits per heavy atom. The monoisotopic (exact) mass is 508 g/mol. The van der Waals surface area contributed by atoms with Gasteiger partial charge in [0.05, 0.1) is 5.41 Å². The van der Waals surface area contributed by atoms with Gasteiger partial charge < -0.3 is 0 Å². The molecule has 0 fully saturated rings. The SMILES string of the molecule is CC1=Cc2c(-c3ccccc3C(C)(C)C)cccc2C1C1(c2ccccc2)C2=CC(C)CC2=CC2=C1CCC2. The number of benzene rings is 3. The van der Waals surface area contributed by atoms with Crippen LogP contribution in [-0.4, -0.2) is 0 Å². The van der Waals surface area contributed by atoms with Crippen molar-refractivity contribution in [3.05, 3.63) is 135 Å². The molecule has 4 aliphatic rings. The summed E-state index contributed by atoms with van der Waals surface area (Å²) in [6, 6.07) is 27.7. The fourth-order valence-corrected chi connectivity index (χ4v) is 8.44. The first-order chi connectivity index (χ1) is 18.8. The summed E-state index contributed by atoms with van der Waals surface area (Å²) in [6.45, 7) is 11.8. The van der Waals surface area contributed by atoms with E-state index in [0.717, 1.165) is 0 Å². The van der Waals surface area contributed by atoms with Crippen LogP contribution in [0.4, 0.5) is 0 Å². The molecule has 0 aromatic heterocycles. The van der Waals surface area contributed by atoms with E-state index in [1.165, 1.54) is 64.6 Å². The van der Waals surface area contributed by atoms with Gasteiger partial charge in [-0.3, -0.25) is 0 Å². The first kappa shape index (κ1) is 24.6. The Morgan fingerprint density at radius 1 is 0.795 bits per heavy atom. The zero-order valence-electron chi connectivity index (χ0n) is 24.1. The summed E-state index contributed by atoms with van der Waals surface area (Å²) < 4.78 is 0. The standard InChI is InChI=1S/C39H40/c1-25-21-28-24-27-13-11-20-34(27)39(36(28)22-25,29-14-7-6-8-15-29)37-26(2)23-33-30(17-12-18-32(33)37)31-16-9-10-19-35(31)38(3,4)5/h6-10,12,14-19,22-25,37H,11,13,20-21H2,1-5H3. The zero-order valence-corrected chi connectivity index (χ0v) is 24.1. The predicted molar refractivity (Wildman–Crippen MR) is 166 cm³/mol. The van der Waals surface area contributed by atoms with Gasteiger partial charge in [-0.1, -0.05) is 130 Å². The third kappa shape index (κ3) is 3.57. The van der Waals surface area contributed by atoms with Crippen molar-refractivity contribution in [2.45, 2.75) is 77.0 Å². The van der Waals surface area contributed by atoms with Gasteiger partial charge in [-0.2, -0.15) is 0 Å². The van der Waals surface area contributed by atoms with Crippen molar-refractivity contribution < 1.29 is 0 Å². The van der Waals surface area contributed by atoms with E-state index in [0.29, 0.717) is 11.8 Å². The summed E-state index contributed by atoms with van der Waals surface area (Å²) in [5.41, 5.74) is 16.5. The van der Waals surface area contributed by atoms with E-state index in [1.54, 1.807) is 22.3 Å². The predicted octanol–water partition coefficient (Wildman–Crippen LogP) is 10.5. The molecule has 0 aliphatic heterocycles. The van der Waals surface area contributed by atoms with Crippen molar-refractivity contribution in [2.24, 2.45) is 5.92 Å². The van der Waals surface area contributed by atoms with Gasteiger partial charge in [0.15, 0.2) is 0 Å². The zero-order chi connectivity index (χ0) is 26.9. The van der Waals surface area contributed by atoms with E-state index >= 15 is 0 Å². The highest BCUT2D eigenvalue weighted by Crippen LogP contribution is 2.64. The molecule has 0 bridgehead atoms. The molecule has 39 heavy (non-hydrogen) atoms. The van der Waals surface area contributed by atoms with Gasteiger partial charge in [0.2, 0.25) is 0 Å². The first-order valence-electron chi connectivity index (χ1n) is 14.9. The van der Waals surface area contributed by atoms with Crippen LogP contribution in [-0.2, 0) is 10.8 Å². The molecule has 3 aromatic carbocycles. The summed E-state index contributed by atoms with van der Waals surface area (Å²) >= 11 is 0. The van der Waals surface area contributed by atoms with Gasteiger partial charge in [0, 0.05) is 5.92 Å².